The van der Waals surface area contributed by atoms with Gasteiger partial charge in [0.1, 0.15) is 34.7 Å². The molecule has 2 N–H and O–H groups in total. The average molecular weight is 766 g/mol. The Morgan fingerprint density at radius 3 is 2.44 bits per heavy atom. The van der Waals surface area contributed by atoms with Crippen molar-refractivity contribution >= 4 is 46.1 Å². The van der Waals surface area contributed by atoms with Crippen LogP contribution in [0.5, 0.6) is 11.5 Å². The van der Waals surface area contributed by atoms with Gasteiger partial charge in [-0.15, -0.1) is 0 Å². The molecule has 0 radical (unpaired) electrons. The molecule has 3 aromatic heterocycles. The summed E-state index contributed by atoms with van der Waals surface area (Å²) in [7, 11) is 0. The Balaban J connectivity index is 1.35. The number of amides is 1. The van der Waals surface area contributed by atoms with Crippen molar-refractivity contribution in [3.8, 4) is 23.0 Å². The normalized spacial score (nSPS) is 12.0. The molecule has 54 heavy (non-hydrogen) atoms. The lowest BCUT2D eigenvalue weighted by molar-refractivity contribution is -0.147. The number of alkyl carbamates (subject to hydrolysis) is 1. The number of anilines is 2. The van der Waals surface area contributed by atoms with Crippen molar-refractivity contribution in [2.75, 3.05) is 25.1 Å². The maximum absolute atomic E-state index is 15.1. The molecular formula is C38H42ClF2N7O6. The maximum atomic E-state index is 15.1. The van der Waals surface area contributed by atoms with E-state index in [1.165, 1.54) is 17.1 Å². The van der Waals surface area contributed by atoms with E-state index in [4.69, 9.17) is 40.6 Å². The topological polar surface area (TPSA) is 152 Å². The van der Waals surface area contributed by atoms with Gasteiger partial charge in [0, 0.05) is 41.9 Å². The first-order chi connectivity index (χ1) is 25.7. The zero-order valence-electron chi connectivity index (χ0n) is 30.8. The lowest BCUT2D eigenvalue weighted by atomic mass is 10.1. The van der Waals surface area contributed by atoms with Crippen molar-refractivity contribution in [3.63, 3.8) is 0 Å². The molecule has 1 amide bonds. The smallest absolute Gasteiger partial charge is 0.408 e. The molecule has 5 aromatic rings. The van der Waals surface area contributed by atoms with Crippen LogP contribution >= 0.6 is 11.6 Å². The first-order valence-electron chi connectivity index (χ1n) is 17.3. The van der Waals surface area contributed by atoms with E-state index in [0.717, 1.165) is 12.1 Å². The zero-order valence-corrected chi connectivity index (χ0v) is 31.5. The van der Waals surface area contributed by atoms with Gasteiger partial charge in [0.2, 0.25) is 0 Å². The van der Waals surface area contributed by atoms with Crippen molar-refractivity contribution in [2.24, 2.45) is 5.92 Å². The summed E-state index contributed by atoms with van der Waals surface area (Å²) in [4.78, 5) is 38.4. The maximum Gasteiger partial charge on any atom is 0.408 e. The minimum Gasteiger partial charge on any atom is -0.494 e. The number of para-hydroxylation sites is 1. The van der Waals surface area contributed by atoms with Crippen molar-refractivity contribution in [1.29, 1.82) is 0 Å². The van der Waals surface area contributed by atoms with Gasteiger partial charge < -0.3 is 29.6 Å². The molecule has 286 valence electrons. The summed E-state index contributed by atoms with van der Waals surface area (Å²) in [6.07, 6.45) is 4.08. The number of rotatable bonds is 15. The number of esters is 1. The summed E-state index contributed by atoms with van der Waals surface area (Å²) < 4.78 is 53.7. The molecule has 0 bridgehead atoms. The second-order valence-corrected chi connectivity index (χ2v) is 13.9. The van der Waals surface area contributed by atoms with Gasteiger partial charge in [-0.05, 0) is 45.7 Å². The highest BCUT2D eigenvalue weighted by Gasteiger charge is 2.28. The van der Waals surface area contributed by atoms with E-state index in [2.05, 4.69) is 20.6 Å². The van der Waals surface area contributed by atoms with Crippen LogP contribution in [0.1, 0.15) is 53.5 Å². The fraction of sp³-hybridized carbons (Fsp3) is 0.368. The summed E-state index contributed by atoms with van der Waals surface area (Å²) in [5.74, 6) is -1.57. The summed E-state index contributed by atoms with van der Waals surface area (Å²) >= 11 is 6.40. The molecule has 13 nitrogen and oxygen atoms in total. The van der Waals surface area contributed by atoms with Gasteiger partial charge in [0.05, 0.1) is 48.8 Å². The van der Waals surface area contributed by atoms with Gasteiger partial charge in [-0.2, -0.15) is 5.10 Å². The van der Waals surface area contributed by atoms with Crippen molar-refractivity contribution in [1.82, 2.24) is 30.0 Å². The fourth-order valence-corrected chi connectivity index (χ4v) is 5.43. The molecular weight excluding hydrogens is 724 g/mol. The van der Waals surface area contributed by atoms with E-state index in [1.807, 2.05) is 12.1 Å². The number of hydrogen-bond acceptors (Lipinski definition) is 11. The van der Waals surface area contributed by atoms with Crippen molar-refractivity contribution in [2.45, 2.75) is 66.2 Å². The predicted molar refractivity (Wildman–Crippen MR) is 199 cm³/mol. The SMILES string of the molecule is CCOc1cc(F)c(Cn2nc(-c3ncc(OCCCOC(=O)[C@@H](NC(=O)OC(C)(C)C)C(C)C)c(Nc4ccncc4Cl)n3)c3ccccc32)c(F)c1. The van der Waals surface area contributed by atoms with E-state index in [0.29, 0.717) is 33.7 Å². The minimum atomic E-state index is -0.902. The van der Waals surface area contributed by atoms with Crippen LogP contribution in [0.3, 0.4) is 0 Å². The largest absolute Gasteiger partial charge is 0.494 e. The molecule has 0 aliphatic carbocycles. The Kier molecular flexibility index (Phi) is 12.8. The number of ether oxygens (including phenoxy) is 4. The number of halogens is 3. The van der Waals surface area contributed by atoms with Crippen LogP contribution in [-0.2, 0) is 20.8 Å². The molecule has 0 aliphatic rings. The molecule has 1 atom stereocenters. The Morgan fingerprint density at radius 1 is 1.02 bits per heavy atom. The summed E-state index contributed by atoms with van der Waals surface area (Å²) in [6.45, 7) is 10.7. The van der Waals surface area contributed by atoms with Gasteiger partial charge in [-0.25, -0.2) is 28.3 Å². The van der Waals surface area contributed by atoms with Gasteiger partial charge in [-0.3, -0.25) is 9.67 Å². The van der Waals surface area contributed by atoms with Crippen LogP contribution in [0.15, 0.2) is 61.1 Å². The van der Waals surface area contributed by atoms with Crippen LogP contribution in [0.25, 0.3) is 22.4 Å². The third-order valence-electron chi connectivity index (χ3n) is 7.77. The number of aromatic nitrogens is 5. The van der Waals surface area contributed by atoms with E-state index in [1.54, 1.807) is 65.9 Å². The van der Waals surface area contributed by atoms with Gasteiger partial charge >= 0.3 is 12.1 Å². The number of nitrogens with one attached hydrogen (secondary N) is 2. The molecule has 2 aromatic carbocycles. The highest BCUT2D eigenvalue weighted by atomic mass is 35.5. The van der Waals surface area contributed by atoms with Gasteiger partial charge in [0.15, 0.2) is 17.4 Å². The molecule has 0 saturated carbocycles. The number of carbonyl (C=O) groups is 2. The minimum absolute atomic E-state index is 0.00883. The molecule has 0 saturated heterocycles. The van der Waals surface area contributed by atoms with E-state index < -0.39 is 35.3 Å². The summed E-state index contributed by atoms with van der Waals surface area (Å²) in [6, 6.07) is 10.3. The summed E-state index contributed by atoms with van der Waals surface area (Å²) in [5.41, 5.74) is 0.553. The fourth-order valence-electron chi connectivity index (χ4n) is 5.26. The molecule has 5 rings (SSSR count). The van der Waals surface area contributed by atoms with Crippen LogP contribution in [0.2, 0.25) is 5.02 Å². The van der Waals surface area contributed by atoms with Crippen LogP contribution < -0.4 is 20.1 Å². The Bertz CT molecular complexity index is 2080. The van der Waals surface area contributed by atoms with Crippen LogP contribution in [0.4, 0.5) is 25.1 Å². The lowest BCUT2D eigenvalue weighted by Crippen LogP contribution is -2.47. The quantitative estimate of drug-likeness (QED) is 0.0791. The lowest BCUT2D eigenvalue weighted by Gasteiger charge is -2.24. The second kappa shape index (κ2) is 17.5. The predicted octanol–water partition coefficient (Wildman–Crippen LogP) is 7.87. The van der Waals surface area contributed by atoms with Crippen LogP contribution in [0, 0.1) is 17.6 Å². The van der Waals surface area contributed by atoms with Gasteiger partial charge in [-0.1, -0.05) is 43.6 Å². The molecule has 0 aliphatic heterocycles. The number of benzene rings is 2. The Hall–Kier alpha value is -5.57. The monoisotopic (exact) mass is 765 g/mol. The Labute approximate surface area is 316 Å². The highest BCUT2D eigenvalue weighted by Crippen LogP contribution is 2.33. The number of carbonyl (C=O) groups excluding carboxylic acids is 2. The molecule has 0 fully saturated rings. The third kappa shape index (κ3) is 10.1. The third-order valence-corrected chi connectivity index (χ3v) is 8.07. The molecule has 16 heteroatoms. The first-order valence-corrected chi connectivity index (χ1v) is 17.7. The first kappa shape index (κ1) is 39.6. The zero-order chi connectivity index (χ0) is 39.0. The van der Waals surface area contributed by atoms with Crippen LogP contribution in [-0.4, -0.2) is 68.3 Å². The van der Waals surface area contributed by atoms with E-state index in [9.17, 15) is 9.59 Å². The highest BCUT2D eigenvalue weighted by molar-refractivity contribution is 6.33. The van der Waals surface area contributed by atoms with Gasteiger partial charge in [0.25, 0.3) is 0 Å². The standard InChI is InChI=1S/C38H42ClF2N7O6/c1-7-51-23-17-27(40)25(28(41)18-23)21-48-30-12-9-8-11-24(30)33(47-48)35-43-20-31(34(46-35)44-29-13-14-42-19-26(29)39)52-15-10-16-53-36(49)32(22(2)3)45-37(50)54-38(4,5)6/h8-9,11-14,17-20,22,32H,7,10,15-16,21H2,1-6H3,(H,45,50)(H,42,43,44,46)/t32-/m0/s1. The number of pyridine rings is 1. The van der Waals surface area contributed by atoms with Crippen molar-refractivity contribution in [3.05, 3.63) is 83.3 Å². The number of fused-ring (bicyclic) bond motifs is 1. The number of nitrogens with zero attached hydrogens (tertiary/aromatic N) is 5. The second-order valence-electron chi connectivity index (χ2n) is 13.4. The van der Waals surface area contributed by atoms with E-state index in [-0.39, 0.29) is 61.0 Å². The average Bonchev–Trinajstić information content (AvgIpc) is 3.47. The number of hydrogen-bond donors (Lipinski definition) is 2. The molecule has 3 heterocycles. The molecule has 0 unspecified atom stereocenters. The van der Waals surface area contributed by atoms with Crippen molar-refractivity contribution < 1.29 is 37.3 Å². The molecule has 0 spiro atoms. The summed E-state index contributed by atoms with van der Waals surface area (Å²) in [5, 5.41) is 11.4. The van der Waals surface area contributed by atoms with E-state index >= 15 is 8.78 Å². The Morgan fingerprint density at radius 2 is 1.76 bits per heavy atom.